The van der Waals surface area contributed by atoms with E-state index in [0.29, 0.717) is 33.4 Å². The number of benzene rings is 4. The van der Waals surface area contributed by atoms with Crippen molar-refractivity contribution in [2.75, 3.05) is 0 Å². The lowest BCUT2D eigenvalue weighted by molar-refractivity contribution is -0.386. The average molecular weight is 718 g/mol. The normalized spacial score (nSPS) is 11.4. The van der Waals surface area contributed by atoms with Gasteiger partial charge in [0.05, 0.1) is 32.1 Å². The van der Waals surface area contributed by atoms with Crippen LogP contribution in [0.15, 0.2) is 108 Å². The van der Waals surface area contributed by atoms with Crippen molar-refractivity contribution >= 4 is 71.6 Å². The number of rotatable bonds is 8. The molecule has 6 aromatic rings. The summed E-state index contributed by atoms with van der Waals surface area (Å²) in [6, 6.07) is 22.9. The topological polar surface area (TPSA) is 150 Å². The first-order valence-electron chi connectivity index (χ1n) is 12.9. The van der Waals surface area contributed by atoms with Gasteiger partial charge in [0.25, 0.3) is 5.56 Å². The number of fused-ring (bicyclic) bond motifs is 2. The van der Waals surface area contributed by atoms with Crippen LogP contribution in [-0.4, -0.2) is 31.9 Å². The largest absolute Gasteiger partial charge is 0.481 e. The monoisotopic (exact) mass is 716 g/mol. The van der Waals surface area contributed by atoms with E-state index >= 15 is 0 Å². The maximum atomic E-state index is 13.6. The lowest BCUT2D eigenvalue weighted by Crippen LogP contribution is -2.20. The molecule has 0 saturated carbocycles. The number of carbonyl (C=O) groups is 1. The molecule has 0 spiro atoms. The molecule has 44 heavy (non-hydrogen) atoms. The van der Waals surface area contributed by atoms with Crippen molar-refractivity contribution in [3.63, 3.8) is 0 Å². The second-order valence-electron chi connectivity index (χ2n) is 9.51. The zero-order valence-electron chi connectivity index (χ0n) is 22.3. The minimum atomic E-state index is -1.06. The molecule has 0 fully saturated rings. The molecule has 1 N–H and O–H groups in total. The van der Waals surface area contributed by atoms with Crippen LogP contribution in [0.3, 0.4) is 0 Å². The summed E-state index contributed by atoms with van der Waals surface area (Å²) >= 11 is 6.80. The van der Waals surface area contributed by atoms with Gasteiger partial charge < -0.3 is 14.3 Å². The summed E-state index contributed by atoms with van der Waals surface area (Å²) in [4.78, 5) is 40.7. The fraction of sp³-hybridized carbons (Fsp3) is 0.0323. The Bertz CT molecular complexity index is 2190. The SMILES string of the molecule is O=C(O)c1ccc(COc2c(Br)cc(C=Nn3c(-c4cc5cc(Br)ccc5o4)nc4ccccc4c3=O)cc2[N+](=O)[O-])cc1. The van der Waals surface area contributed by atoms with Gasteiger partial charge in [-0.25, -0.2) is 9.78 Å². The van der Waals surface area contributed by atoms with Crippen LogP contribution in [0.5, 0.6) is 5.75 Å². The minimum absolute atomic E-state index is 0.0203. The van der Waals surface area contributed by atoms with Crippen molar-refractivity contribution < 1.29 is 24.0 Å². The average Bonchev–Trinajstić information content (AvgIpc) is 3.43. The highest BCUT2D eigenvalue weighted by atomic mass is 79.9. The molecule has 0 amide bonds. The quantitative estimate of drug-likeness (QED) is 0.0972. The Morgan fingerprint density at radius 1 is 1.07 bits per heavy atom. The van der Waals surface area contributed by atoms with Gasteiger partial charge in [0, 0.05) is 21.5 Å². The van der Waals surface area contributed by atoms with E-state index in [0.717, 1.165) is 14.5 Å². The predicted octanol–water partition coefficient (Wildman–Crippen LogP) is 7.40. The second kappa shape index (κ2) is 11.9. The molecule has 0 atom stereocenters. The molecule has 0 unspecified atom stereocenters. The van der Waals surface area contributed by atoms with Crippen LogP contribution in [0.4, 0.5) is 5.69 Å². The van der Waals surface area contributed by atoms with E-state index in [-0.39, 0.29) is 33.9 Å². The predicted molar refractivity (Wildman–Crippen MR) is 170 cm³/mol. The molecule has 4 aromatic carbocycles. The summed E-state index contributed by atoms with van der Waals surface area (Å²) in [5.41, 5.74) is 1.30. The van der Waals surface area contributed by atoms with Gasteiger partial charge in [-0.1, -0.05) is 40.2 Å². The molecular weight excluding hydrogens is 700 g/mol. The number of carboxylic acid groups (broad SMARTS) is 1. The van der Waals surface area contributed by atoms with E-state index in [1.165, 1.54) is 24.4 Å². The molecule has 11 nitrogen and oxygen atoms in total. The number of hydrogen-bond donors (Lipinski definition) is 1. The highest BCUT2D eigenvalue weighted by molar-refractivity contribution is 9.10. The maximum absolute atomic E-state index is 13.6. The van der Waals surface area contributed by atoms with Crippen molar-refractivity contribution in [1.29, 1.82) is 0 Å². The number of furan rings is 1. The molecule has 13 heteroatoms. The molecule has 0 radical (unpaired) electrons. The van der Waals surface area contributed by atoms with E-state index in [2.05, 4.69) is 41.9 Å². The number of nitrogens with zero attached hydrogens (tertiary/aromatic N) is 4. The van der Waals surface area contributed by atoms with E-state index in [1.807, 2.05) is 12.1 Å². The lowest BCUT2D eigenvalue weighted by atomic mass is 10.1. The molecule has 0 aliphatic carbocycles. The van der Waals surface area contributed by atoms with Crippen LogP contribution in [-0.2, 0) is 6.61 Å². The van der Waals surface area contributed by atoms with Crippen LogP contribution >= 0.6 is 31.9 Å². The van der Waals surface area contributed by atoms with Gasteiger partial charge in [-0.3, -0.25) is 14.9 Å². The number of para-hydroxylation sites is 1. The van der Waals surface area contributed by atoms with Crippen molar-refractivity contribution in [2.45, 2.75) is 6.61 Å². The van der Waals surface area contributed by atoms with Gasteiger partial charge >= 0.3 is 11.7 Å². The molecule has 2 aromatic heterocycles. The van der Waals surface area contributed by atoms with Gasteiger partial charge in [0.15, 0.2) is 5.76 Å². The van der Waals surface area contributed by atoms with Crippen LogP contribution in [0, 0.1) is 10.1 Å². The van der Waals surface area contributed by atoms with Crippen LogP contribution in [0.2, 0.25) is 0 Å². The van der Waals surface area contributed by atoms with Crippen LogP contribution in [0.25, 0.3) is 33.5 Å². The fourth-order valence-corrected chi connectivity index (χ4v) is 5.45. The molecule has 2 heterocycles. The van der Waals surface area contributed by atoms with Crippen molar-refractivity contribution in [3.8, 4) is 17.3 Å². The minimum Gasteiger partial charge on any atom is -0.481 e. The number of hydrogen-bond acceptors (Lipinski definition) is 8. The Labute approximate surface area is 264 Å². The van der Waals surface area contributed by atoms with Gasteiger partial charge in [-0.2, -0.15) is 9.78 Å². The lowest BCUT2D eigenvalue weighted by Gasteiger charge is -2.10. The highest BCUT2D eigenvalue weighted by Gasteiger charge is 2.21. The Morgan fingerprint density at radius 2 is 1.84 bits per heavy atom. The first kappa shape index (κ1) is 29.0. The van der Waals surface area contributed by atoms with Gasteiger partial charge in [0.2, 0.25) is 11.6 Å². The van der Waals surface area contributed by atoms with E-state index in [4.69, 9.17) is 14.3 Å². The Balaban J connectivity index is 1.38. The first-order chi connectivity index (χ1) is 21.2. The fourth-order valence-electron chi connectivity index (χ4n) is 4.49. The number of aromatic nitrogens is 2. The molecule has 0 saturated heterocycles. The summed E-state index contributed by atoms with van der Waals surface area (Å²) < 4.78 is 14.0. The zero-order chi connectivity index (χ0) is 31.0. The molecular formula is C31H18Br2N4O7. The van der Waals surface area contributed by atoms with Crippen LogP contribution in [0.1, 0.15) is 21.5 Å². The molecule has 218 valence electrons. The third-order valence-electron chi connectivity index (χ3n) is 6.60. The Morgan fingerprint density at radius 3 is 2.59 bits per heavy atom. The summed E-state index contributed by atoms with van der Waals surface area (Å²) in [7, 11) is 0. The first-order valence-corrected chi connectivity index (χ1v) is 14.4. The Hall–Kier alpha value is -5.14. The van der Waals surface area contributed by atoms with Crippen molar-refractivity contribution in [1.82, 2.24) is 9.66 Å². The summed E-state index contributed by atoms with van der Waals surface area (Å²) in [6.07, 6.45) is 1.31. The van der Waals surface area contributed by atoms with E-state index < -0.39 is 16.5 Å². The van der Waals surface area contributed by atoms with E-state index in [9.17, 15) is 19.7 Å². The standard InChI is InChI=1S/C31H18Br2N4O7/c32-21-9-10-26-20(13-21)14-27(44-26)29-35-24-4-2-1-3-22(24)30(38)36(29)34-15-18-11-23(33)28(25(12-18)37(41)42)43-16-17-5-7-19(8-6-17)31(39)40/h1-15H,16H2,(H,39,40). The summed E-state index contributed by atoms with van der Waals surface area (Å²) in [6.45, 7) is -0.0393. The number of ether oxygens (including phenoxy) is 1. The number of nitro groups is 1. The van der Waals surface area contributed by atoms with Gasteiger partial charge in [-0.05, 0) is 76.1 Å². The molecule has 6 rings (SSSR count). The number of nitro benzene ring substituents is 1. The third-order valence-corrected chi connectivity index (χ3v) is 7.68. The second-order valence-corrected chi connectivity index (χ2v) is 11.3. The molecule has 0 bridgehead atoms. The number of halogens is 2. The number of aromatic carboxylic acids is 1. The van der Waals surface area contributed by atoms with Gasteiger partial charge in [0.1, 0.15) is 12.2 Å². The summed E-state index contributed by atoms with van der Waals surface area (Å²) in [5.74, 6) is -0.619. The zero-order valence-corrected chi connectivity index (χ0v) is 25.5. The molecule has 0 aliphatic rings. The third kappa shape index (κ3) is 5.74. The van der Waals surface area contributed by atoms with Crippen molar-refractivity contribution in [2.24, 2.45) is 5.10 Å². The summed E-state index contributed by atoms with van der Waals surface area (Å²) in [5, 5.41) is 26.6. The van der Waals surface area contributed by atoms with E-state index in [1.54, 1.807) is 54.6 Å². The van der Waals surface area contributed by atoms with Crippen LogP contribution < -0.4 is 10.3 Å². The van der Waals surface area contributed by atoms with Gasteiger partial charge in [-0.15, -0.1) is 0 Å². The molecule has 0 aliphatic heterocycles. The number of carboxylic acids is 1. The highest BCUT2D eigenvalue weighted by Crippen LogP contribution is 2.37. The Kier molecular flexibility index (Phi) is 7.80. The maximum Gasteiger partial charge on any atom is 0.335 e. The van der Waals surface area contributed by atoms with Crippen molar-refractivity contribution in [3.05, 3.63) is 131 Å². The smallest absolute Gasteiger partial charge is 0.335 e.